The fraction of sp³-hybridized carbons (Fsp3) is 1.00. The molecular formula is C8H16O2. The summed E-state index contributed by atoms with van der Waals surface area (Å²) in [6.45, 7) is 2.70. The topological polar surface area (TPSA) is 29.5 Å². The number of aliphatic hydroxyl groups is 1. The third-order valence-electron chi connectivity index (χ3n) is 1.88. The van der Waals surface area contributed by atoms with Crippen LogP contribution in [0.15, 0.2) is 0 Å². The molecule has 1 N–H and O–H groups in total. The first-order valence-electron chi connectivity index (χ1n) is 4.08. The van der Waals surface area contributed by atoms with Crippen molar-refractivity contribution >= 4 is 0 Å². The molecule has 0 bridgehead atoms. The summed E-state index contributed by atoms with van der Waals surface area (Å²) in [7, 11) is 0. The van der Waals surface area contributed by atoms with Crippen LogP contribution < -0.4 is 0 Å². The zero-order valence-electron chi connectivity index (χ0n) is 6.55. The lowest BCUT2D eigenvalue weighted by Crippen LogP contribution is -2.23. The van der Waals surface area contributed by atoms with Crippen LogP contribution in [-0.2, 0) is 4.74 Å². The third-order valence-corrected chi connectivity index (χ3v) is 1.88. The molecule has 0 aliphatic carbocycles. The van der Waals surface area contributed by atoms with Gasteiger partial charge >= 0.3 is 0 Å². The zero-order chi connectivity index (χ0) is 7.40. The molecule has 1 unspecified atom stereocenters. The molecule has 0 aromatic rings. The van der Waals surface area contributed by atoms with Crippen molar-refractivity contribution in [2.24, 2.45) is 0 Å². The molecule has 60 valence electrons. The normalized spacial score (nSPS) is 30.0. The van der Waals surface area contributed by atoms with Crippen LogP contribution in [0.3, 0.4) is 0 Å². The molecule has 0 aromatic heterocycles. The van der Waals surface area contributed by atoms with Crippen molar-refractivity contribution in [3.8, 4) is 0 Å². The van der Waals surface area contributed by atoms with Gasteiger partial charge in [0, 0.05) is 6.61 Å². The van der Waals surface area contributed by atoms with Gasteiger partial charge in [-0.3, -0.25) is 0 Å². The molecule has 0 amide bonds. The molecule has 10 heavy (non-hydrogen) atoms. The first-order chi connectivity index (χ1) is 4.79. The summed E-state index contributed by atoms with van der Waals surface area (Å²) in [4.78, 5) is 0. The first-order valence-corrected chi connectivity index (χ1v) is 4.08. The van der Waals surface area contributed by atoms with Crippen molar-refractivity contribution in [3.63, 3.8) is 0 Å². The molecule has 0 aromatic carbocycles. The van der Waals surface area contributed by atoms with E-state index in [0.717, 1.165) is 19.4 Å². The summed E-state index contributed by atoms with van der Waals surface area (Å²) in [6.07, 6.45) is 4.51. The van der Waals surface area contributed by atoms with Gasteiger partial charge in [0.05, 0.1) is 12.2 Å². The average molecular weight is 144 g/mol. The van der Waals surface area contributed by atoms with Gasteiger partial charge in [-0.15, -0.1) is 0 Å². The highest BCUT2D eigenvalue weighted by Crippen LogP contribution is 2.16. The average Bonchev–Trinajstić information content (AvgIpc) is 1.88. The fourth-order valence-corrected chi connectivity index (χ4v) is 1.37. The van der Waals surface area contributed by atoms with Crippen LogP contribution in [0.2, 0.25) is 0 Å². The molecule has 1 fully saturated rings. The molecule has 0 spiro atoms. The van der Waals surface area contributed by atoms with E-state index in [1.165, 1.54) is 12.8 Å². The van der Waals surface area contributed by atoms with Gasteiger partial charge in [0.15, 0.2) is 0 Å². The number of hydrogen-bond acceptors (Lipinski definition) is 2. The van der Waals surface area contributed by atoms with E-state index >= 15 is 0 Å². The lowest BCUT2D eigenvalue weighted by atomic mass is 10.0. The molecule has 1 aliphatic rings. The molecule has 2 atom stereocenters. The van der Waals surface area contributed by atoms with Crippen LogP contribution >= 0.6 is 0 Å². The quantitative estimate of drug-likeness (QED) is 0.633. The molecular weight excluding hydrogens is 128 g/mol. The number of hydrogen-bond donors (Lipinski definition) is 1. The maximum Gasteiger partial charge on any atom is 0.0599 e. The molecule has 1 aliphatic heterocycles. The van der Waals surface area contributed by atoms with Gasteiger partial charge in [-0.25, -0.2) is 0 Å². The molecule has 1 rings (SSSR count). The van der Waals surface area contributed by atoms with Gasteiger partial charge in [0.25, 0.3) is 0 Å². The number of aliphatic hydroxyl groups excluding tert-OH is 1. The van der Waals surface area contributed by atoms with Gasteiger partial charge in [-0.2, -0.15) is 0 Å². The Hall–Kier alpha value is -0.0800. The Labute approximate surface area is 62.2 Å². The monoisotopic (exact) mass is 144 g/mol. The lowest BCUT2D eigenvalue weighted by molar-refractivity contribution is -0.0116. The van der Waals surface area contributed by atoms with E-state index in [0.29, 0.717) is 6.10 Å². The van der Waals surface area contributed by atoms with E-state index in [1.807, 2.05) is 6.92 Å². The Bertz CT molecular complexity index is 85.3. The van der Waals surface area contributed by atoms with Crippen LogP contribution in [0.5, 0.6) is 0 Å². The largest absolute Gasteiger partial charge is 0.393 e. The van der Waals surface area contributed by atoms with Gasteiger partial charge in [-0.1, -0.05) is 0 Å². The molecule has 1 saturated heterocycles. The minimum Gasteiger partial charge on any atom is -0.393 e. The second kappa shape index (κ2) is 3.94. The molecule has 0 saturated carbocycles. The van der Waals surface area contributed by atoms with E-state index in [4.69, 9.17) is 9.84 Å². The molecule has 0 radical (unpaired) electrons. The highest BCUT2D eigenvalue weighted by Gasteiger charge is 2.15. The Morgan fingerprint density at radius 2 is 2.40 bits per heavy atom. The summed E-state index contributed by atoms with van der Waals surface area (Å²) in [5, 5.41) is 9.02. The predicted molar refractivity (Wildman–Crippen MR) is 39.9 cm³/mol. The second-order valence-corrected chi connectivity index (χ2v) is 3.07. The van der Waals surface area contributed by atoms with E-state index in [1.54, 1.807) is 0 Å². The summed E-state index contributed by atoms with van der Waals surface area (Å²) in [5.74, 6) is 0. The van der Waals surface area contributed by atoms with Crippen LogP contribution in [0.25, 0.3) is 0 Å². The van der Waals surface area contributed by atoms with Crippen molar-refractivity contribution in [2.45, 2.75) is 44.8 Å². The van der Waals surface area contributed by atoms with Crippen LogP contribution in [0, 0.1) is 0 Å². The summed E-state index contributed by atoms with van der Waals surface area (Å²) in [6, 6.07) is 0. The van der Waals surface area contributed by atoms with Crippen molar-refractivity contribution in [1.29, 1.82) is 0 Å². The lowest BCUT2D eigenvalue weighted by Gasteiger charge is -2.23. The SMILES string of the molecule is C[C@@H](O)CC1CCCCO1. The van der Waals surface area contributed by atoms with Crippen molar-refractivity contribution in [1.82, 2.24) is 0 Å². The highest BCUT2D eigenvalue weighted by atomic mass is 16.5. The Balaban J connectivity index is 2.13. The van der Waals surface area contributed by atoms with Gasteiger partial charge in [-0.05, 0) is 32.6 Å². The van der Waals surface area contributed by atoms with Crippen molar-refractivity contribution in [3.05, 3.63) is 0 Å². The Morgan fingerprint density at radius 1 is 1.60 bits per heavy atom. The van der Waals surface area contributed by atoms with Crippen LogP contribution in [-0.4, -0.2) is 23.9 Å². The molecule has 2 heteroatoms. The molecule has 2 nitrogen and oxygen atoms in total. The predicted octanol–water partition coefficient (Wildman–Crippen LogP) is 1.33. The smallest absolute Gasteiger partial charge is 0.0599 e. The van der Waals surface area contributed by atoms with Crippen LogP contribution in [0.4, 0.5) is 0 Å². The highest BCUT2D eigenvalue weighted by molar-refractivity contribution is 4.65. The first kappa shape index (κ1) is 8.02. The summed E-state index contributed by atoms with van der Waals surface area (Å²) in [5.41, 5.74) is 0. The minimum atomic E-state index is -0.205. The Morgan fingerprint density at radius 3 is 2.90 bits per heavy atom. The third kappa shape index (κ3) is 2.67. The summed E-state index contributed by atoms with van der Waals surface area (Å²) < 4.78 is 5.43. The van der Waals surface area contributed by atoms with E-state index in [9.17, 15) is 0 Å². The maximum absolute atomic E-state index is 9.02. The second-order valence-electron chi connectivity index (χ2n) is 3.07. The van der Waals surface area contributed by atoms with Crippen molar-refractivity contribution < 1.29 is 9.84 Å². The van der Waals surface area contributed by atoms with Crippen LogP contribution in [0.1, 0.15) is 32.6 Å². The van der Waals surface area contributed by atoms with Gasteiger partial charge in [0.2, 0.25) is 0 Å². The molecule has 1 heterocycles. The van der Waals surface area contributed by atoms with Gasteiger partial charge < -0.3 is 9.84 Å². The fourth-order valence-electron chi connectivity index (χ4n) is 1.37. The van der Waals surface area contributed by atoms with Crippen molar-refractivity contribution in [2.75, 3.05) is 6.61 Å². The van der Waals surface area contributed by atoms with E-state index in [-0.39, 0.29) is 6.10 Å². The number of rotatable bonds is 2. The Kier molecular flexibility index (Phi) is 3.16. The standard InChI is InChI=1S/C8H16O2/c1-7(9)6-8-4-2-3-5-10-8/h7-9H,2-6H2,1H3/t7-,8?/m1/s1. The van der Waals surface area contributed by atoms with E-state index < -0.39 is 0 Å². The minimum absolute atomic E-state index is 0.205. The number of ether oxygens (including phenoxy) is 1. The van der Waals surface area contributed by atoms with E-state index in [2.05, 4.69) is 0 Å². The maximum atomic E-state index is 9.02. The summed E-state index contributed by atoms with van der Waals surface area (Å²) >= 11 is 0. The zero-order valence-corrected chi connectivity index (χ0v) is 6.55. The van der Waals surface area contributed by atoms with Gasteiger partial charge in [0.1, 0.15) is 0 Å².